The molecule has 0 amide bonds. The van der Waals surface area contributed by atoms with E-state index in [1.54, 1.807) is 12.4 Å². The number of carbonyl (C=O) groups is 1. The molecule has 0 aliphatic heterocycles. The van der Waals surface area contributed by atoms with Gasteiger partial charge in [-0.15, -0.1) is 0 Å². The van der Waals surface area contributed by atoms with Gasteiger partial charge in [-0.25, -0.2) is 14.8 Å². The SMILES string of the molecule is COC(=O)c1cnc(NCc2ccncc2)cn1. The van der Waals surface area contributed by atoms with Gasteiger partial charge in [0.25, 0.3) is 0 Å². The molecule has 92 valence electrons. The van der Waals surface area contributed by atoms with Crippen molar-refractivity contribution in [3.05, 3.63) is 48.2 Å². The Morgan fingerprint density at radius 2 is 2.06 bits per heavy atom. The highest BCUT2D eigenvalue weighted by molar-refractivity contribution is 5.86. The summed E-state index contributed by atoms with van der Waals surface area (Å²) in [6, 6.07) is 3.81. The fourth-order valence-corrected chi connectivity index (χ4v) is 1.32. The van der Waals surface area contributed by atoms with E-state index in [9.17, 15) is 4.79 Å². The summed E-state index contributed by atoms with van der Waals surface area (Å²) in [5.41, 5.74) is 1.27. The first-order chi connectivity index (χ1) is 8.79. The predicted octanol–water partition coefficient (Wildman–Crippen LogP) is 1.27. The Morgan fingerprint density at radius 3 is 2.67 bits per heavy atom. The second-order valence-corrected chi connectivity index (χ2v) is 3.49. The number of rotatable bonds is 4. The van der Waals surface area contributed by atoms with Crippen molar-refractivity contribution in [2.24, 2.45) is 0 Å². The lowest BCUT2D eigenvalue weighted by Crippen LogP contribution is -2.07. The van der Waals surface area contributed by atoms with Gasteiger partial charge in [0.05, 0.1) is 19.5 Å². The Hall–Kier alpha value is -2.50. The molecule has 0 saturated carbocycles. The average molecular weight is 244 g/mol. The van der Waals surface area contributed by atoms with Gasteiger partial charge < -0.3 is 10.1 Å². The second-order valence-electron chi connectivity index (χ2n) is 3.49. The van der Waals surface area contributed by atoms with Crippen molar-refractivity contribution >= 4 is 11.8 Å². The minimum Gasteiger partial charge on any atom is -0.464 e. The lowest BCUT2D eigenvalue weighted by Gasteiger charge is -2.05. The van der Waals surface area contributed by atoms with Crippen LogP contribution in [-0.2, 0) is 11.3 Å². The van der Waals surface area contributed by atoms with E-state index in [2.05, 4.69) is 25.0 Å². The normalized spacial score (nSPS) is 9.83. The van der Waals surface area contributed by atoms with Crippen LogP contribution in [0.1, 0.15) is 16.1 Å². The Balaban J connectivity index is 1.97. The van der Waals surface area contributed by atoms with Gasteiger partial charge in [-0.3, -0.25) is 4.98 Å². The summed E-state index contributed by atoms with van der Waals surface area (Å²) < 4.78 is 4.54. The average Bonchev–Trinajstić information content (AvgIpc) is 2.46. The molecular formula is C12H12N4O2. The van der Waals surface area contributed by atoms with Crippen molar-refractivity contribution in [1.82, 2.24) is 15.0 Å². The summed E-state index contributed by atoms with van der Waals surface area (Å²) in [4.78, 5) is 23.1. The maximum atomic E-state index is 11.2. The third-order valence-electron chi connectivity index (χ3n) is 2.27. The van der Waals surface area contributed by atoms with Gasteiger partial charge in [-0.1, -0.05) is 0 Å². The fraction of sp³-hybridized carbons (Fsp3) is 0.167. The molecular weight excluding hydrogens is 232 g/mol. The van der Waals surface area contributed by atoms with Crippen molar-refractivity contribution in [1.29, 1.82) is 0 Å². The summed E-state index contributed by atoms with van der Waals surface area (Å²) in [6.07, 6.45) is 6.32. The molecule has 2 aromatic rings. The number of ether oxygens (including phenoxy) is 1. The molecule has 0 atom stereocenters. The summed E-state index contributed by atoms with van der Waals surface area (Å²) in [5.74, 6) is 0.0997. The van der Waals surface area contributed by atoms with Crippen molar-refractivity contribution < 1.29 is 9.53 Å². The number of carbonyl (C=O) groups excluding carboxylic acids is 1. The van der Waals surface area contributed by atoms with Crippen LogP contribution in [0.4, 0.5) is 5.82 Å². The van der Waals surface area contributed by atoms with Gasteiger partial charge in [0.15, 0.2) is 5.69 Å². The summed E-state index contributed by atoms with van der Waals surface area (Å²) in [6.45, 7) is 0.620. The second kappa shape index (κ2) is 5.72. The first kappa shape index (κ1) is 12.0. The number of hydrogen-bond donors (Lipinski definition) is 1. The molecule has 0 aliphatic carbocycles. The van der Waals surface area contributed by atoms with E-state index in [1.807, 2.05) is 12.1 Å². The smallest absolute Gasteiger partial charge is 0.358 e. The number of nitrogens with one attached hydrogen (secondary N) is 1. The van der Waals surface area contributed by atoms with Gasteiger partial charge in [0.2, 0.25) is 0 Å². The molecule has 2 heterocycles. The molecule has 2 aromatic heterocycles. The molecule has 0 aliphatic rings. The molecule has 6 nitrogen and oxygen atoms in total. The zero-order valence-corrected chi connectivity index (χ0v) is 9.83. The van der Waals surface area contributed by atoms with Crippen molar-refractivity contribution in [3.63, 3.8) is 0 Å². The van der Waals surface area contributed by atoms with Crippen LogP contribution in [0.5, 0.6) is 0 Å². The molecule has 0 bridgehead atoms. The van der Waals surface area contributed by atoms with Crippen LogP contribution >= 0.6 is 0 Å². The third kappa shape index (κ3) is 3.00. The molecule has 0 unspecified atom stereocenters. The van der Waals surface area contributed by atoms with Crippen molar-refractivity contribution in [3.8, 4) is 0 Å². The lowest BCUT2D eigenvalue weighted by atomic mass is 10.3. The highest BCUT2D eigenvalue weighted by Gasteiger charge is 2.06. The number of pyridine rings is 1. The maximum Gasteiger partial charge on any atom is 0.358 e. The number of hydrogen-bond acceptors (Lipinski definition) is 6. The first-order valence-corrected chi connectivity index (χ1v) is 5.32. The van der Waals surface area contributed by atoms with E-state index in [0.29, 0.717) is 12.4 Å². The van der Waals surface area contributed by atoms with Gasteiger partial charge in [0, 0.05) is 18.9 Å². The molecule has 2 rings (SSSR count). The lowest BCUT2D eigenvalue weighted by molar-refractivity contribution is 0.0593. The summed E-state index contributed by atoms with van der Waals surface area (Å²) in [7, 11) is 1.31. The summed E-state index contributed by atoms with van der Waals surface area (Å²) in [5, 5.41) is 3.09. The van der Waals surface area contributed by atoms with Crippen molar-refractivity contribution in [2.75, 3.05) is 12.4 Å². The standard InChI is InChI=1S/C12H12N4O2/c1-18-12(17)10-7-16-11(8-14-10)15-6-9-2-4-13-5-3-9/h2-5,7-8H,6H2,1H3,(H,15,16). The fourth-order valence-electron chi connectivity index (χ4n) is 1.32. The molecule has 0 radical (unpaired) electrons. The number of esters is 1. The highest BCUT2D eigenvalue weighted by atomic mass is 16.5. The minimum atomic E-state index is -0.497. The summed E-state index contributed by atoms with van der Waals surface area (Å²) >= 11 is 0. The molecule has 0 spiro atoms. The van der Waals surface area contributed by atoms with E-state index in [4.69, 9.17) is 0 Å². The van der Waals surface area contributed by atoms with Crippen molar-refractivity contribution in [2.45, 2.75) is 6.54 Å². The van der Waals surface area contributed by atoms with Gasteiger partial charge in [0.1, 0.15) is 5.82 Å². The highest BCUT2D eigenvalue weighted by Crippen LogP contribution is 2.05. The third-order valence-corrected chi connectivity index (χ3v) is 2.27. The Morgan fingerprint density at radius 1 is 1.28 bits per heavy atom. The van der Waals surface area contributed by atoms with Crippen LogP contribution in [0.2, 0.25) is 0 Å². The van der Waals surface area contributed by atoms with Gasteiger partial charge in [-0.05, 0) is 17.7 Å². The van der Waals surface area contributed by atoms with E-state index in [0.717, 1.165) is 5.56 Å². The van der Waals surface area contributed by atoms with Crippen LogP contribution < -0.4 is 5.32 Å². The van der Waals surface area contributed by atoms with Crippen LogP contribution in [0.15, 0.2) is 36.9 Å². The van der Waals surface area contributed by atoms with E-state index < -0.39 is 5.97 Å². The van der Waals surface area contributed by atoms with E-state index in [-0.39, 0.29) is 5.69 Å². The molecule has 0 saturated heterocycles. The van der Waals surface area contributed by atoms with Crippen LogP contribution in [0, 0.1) is 0 Å². The number of methoxy groups -OCH3 is 1. The molecule has 0 fully saturated rings. The Kier molecular flexibility index (Phi) is 3.80. The number of anilines is 1. The van der Waals surface area contributed by atoms with Crippen LogP contribution in [0.25, 0.3) is 0 Å². The largest absolute Gasteiger partial charge is 0.464 e. The predicted molar refractivity (Wildman–Crippen MR) is 64.9 cm³/mol. The molecule has 1 N–H and O–H groups in total. The van der Waals surface area contributed by atoms with Gasteiger partial charge in [-0.2, -0.15) is 0 Å². The topological polar surface area (TPSA) is 77.0 Å². The van der Waals surface area contributed by atoms with E-state index >= 15 is 0 Å². The van der Waals surface area contributed by atoms with Gasteiger partial charge >= 0.3 is 5.97 Å². The Labute approximate surface area is 104 Å². The molecule has 18 heavy (non-hydrogen) atoms. The number of nitrogens with zero attached hydrogens (tertiary/aromatic N) is 3. The Bertz CT molecular complexity index is 513. The zero-order valence-electron chi connectivity index (χ0n) is 9.83. The van der Waals surface area contributed by atoms with Crippen LogP contribution in [-0.4, -0.2) is 28.0 Å². The first-order valence-electron chi connectivity index (χ1n) is 5.32. The molecule has 6 heteroatoms. The number of aromatic nitrogens is 3. The zero-order chi connectivity index (χ0) is 12.8. The minimum absolute atomic E-state index is 0.187. The van der Waals surface area contributed by atoms with E-state index in [1.165, 1.54) is 19.5 Å². The maximum absolute atomic E-state index is 11.2. The molecule has 0 aromatic carbocycles. The quantitative estimate of drug-likeness (QED) is 0.816. The van der Waals surface area contributed by atoms with Crippen LogP contribution in [0.3, 0.4) is 0 Å². The monoisotopic (exact) mass is 244 g/mol.